The van der Waals surface area contributed by atoms with E-state index in [9.17, 15) is 18.0 Å². The summed E-state index contributed by atoms with van der Waals surface area (Å²) < 4.78 is 43.6. The number of rotatable bonds is 11. The third-order valence-electron chi connectivity index (χ3n) is 6.53. The number of hydrogen-bond acceptors (Lipinski definition) is 8. The SMILES string of the molecule is CCOc1cc(C(C(=O)NCc2cccc(N(C)C)c2)N(N)c2ccc3cnccc3c2)ccc1OC(C)C.O=C(O)C(F)(F)F. The number of hydrogen-bond donors (Lipinski definition) is 3. The van der Waals surface area contributed by atoms with E-state index in [4.69, 9.17) is 25.2 Å². The van der Waals surface area contributed by atoms with Gasteiger partial charge in [-0.15, -0.1) is 0 Å². The van der Waals surface area contributed by atoms with Crippen LogP contribution in [0.4, 0.5) is 24.5 Å². The molecule has 246 valence electrons. The Labute approximate surface area is 265 Å². The highest BCUT2D eigenvalue weighted by molar-refractivity contribution is 5.89. The van der Waals surface area contributed by atoms with E-state index in [1.807, 2.05) is 100 Å². The number of alkyl halides is 3. The predicted molar refractivity (Wildman–Crippen MR) is 171 cm³/mol. The van der Waals surface area contributed by atoms with Crippen LogP contribution in [0, 0.1) is 0 Å². The fourth-order valence-electron chi connectivity index (χ4n) is 4.36. The summed E-state index contributed by atoms with van der Waals surface area (Å²) in [7, 11) is 3.98. The number of fused-ring (bicyclic) bond motifs is 1. The number of carboxylic acids is 1. The van der Waals surface area contributed by atoms with Gasteiger partial charge in [-0.05, 0) is 79.7 Å². The van der Waals surface area contributed by atoms with E-state index < -0.39 is 18.2 Å². The summed E-state index contributed by atoms with van der Waals surface area (Å²) in [5.74, 6) is 4.92. The molecule has 1 amide bonds. The lowest BCUT2D eigenvalue weighted by Crippen LogP contribution is -2.44. The first-order chi connectivity index (χ1) is 21.7. The van der Waals surface area contributed by atoms with E-state index >= 15 is 0 Å². The van der Waals surface area contributed by atoms with Gasteiger partial charge in [0.2, 0.25) is 5.91 Å². The number of anilines is 2. The molecule has 0 bridgehead atoms. The van der Waals surface area contributed by atoms with E-state index in [0.717, 1.165) is 22.0 Å². The van der Waals surface area contributed by atoms with Crippen LogP contribution < -0.4 is 30.5 Å². The van der Waals surface area contributed by atoms with E-state index in [0.29, 0.717) is 35.9 Å². The van der Waals surface area contributed by atoms with Gasteiger partial charge in [0.15, 0.2) is 11.5 Å². The van der Waals surface area contributed by atoms with Crippen molar-refractivity contribution in [3.8, 4) is 11.5 Å². The Hall–Kier alpha value is -5.04. The molecule has 0 aliphatic heterocycles. The number of aromatic nitrogens is 1. The van der Waals surface area contributed by atoms with Gasteiger partial charge in [0.05, 0.1) is 18.4 Å². The van der Waals surface area contributed by atoms with Crippen LogP contribution in [-0.2, 0) is 16.1 Å². The number of halogens is 3. The van der Waals surface area contributed by atoms with Gasteiger partial charge in [0.1, 0.15) is 6.04 Å². The Bertz CT molecular complexity index is 1630. The quantitative estimate of drug-likeness (QED) is 0.136. The summed E-state index contributed by atoms with van der Waals surface area (Å²) in [5.41, 5.74) is 3.44. The van der Waals surface area contributed by atoms with Crippen LogP contribution in [0.2, 0.25) is 0 Å². The molecule has 0 aliphatic rings. The molecule has 4 rings (SSSR count). The maximum atomic E-state index is 13.8. The normalized spacial score (nSPS) is 11.7. The molecule has 46 heavy (non-hydrogen) atoms. The van der Waals surface area contributed by atoms with Crippen LogP contribution in [0.1, 0.15) is 37.9 Å². The number of nitrogens with zero attached hydrogens (tertiary/aromatic N) is 3. The van der Waals surface area contributed by atoms with Crippen molar-refractivity contribution in [1.29, 1.82) is 0 Å². The lowest BCUT2D eigenvalue weighted by Gasteiger charge is -2.29. The van der Waals surface area contributed by atoms with Gasteiger partial charge in [-0.3, -0.25) is 14.8 Å². The highest BCUT2D eigenvalue weighted by Crippen LogP contribution is 2.35. The molecular weight excluding hydrogens is 603 g/mol. The maximum absolute atomic E-state index is 13.8. The van der Waals surface area contributed by atoms with Crippen LogP contribution in [0.15, 0.2) is 79.1 Å². The number of aliphatic carboxylic acids is 1. The molecule has 1 atom stereocenters. The number of carboxylic acid groups (broad SMARTS) is 1. The molecule has 4 aromatic rings. The highest BCUT2D eigenvalue weighted by Gasteiger charge is 2.38. The molecule has 10 nitrogen and oxygen atoms in total. The summed E-state index contributed by atoms with van der Waals surface area (Å²) >= 11 is 0. The van der Waals surface area contributed by atoms with E-state index in [2.05, 4.69) is 16.4 Å². The minimum atomic E-state index is -5.08. The van der Waals surface area contributed by atoms with E-state index in [1.165, 1.54) is 5.01 Å². The zero-order chi connectivity index (χ0) is 34.0. The Morgan fingerprint density at radius 3 is 2.33 bits per heavy atom. The third-order valence-corrected chi connectivity index (χ3v) is 6.53. The van der Waals surface area contributed by atoms with Crippen molar-refractivity contribution in [2.75, 3.05) is 30.6 Å². The van der Waals surface area contributed by atoms with Crippen LogP contribution in [0.5, 0.6) is 11.5 Å². The van der Waals surface area contributed by atoms with Crippen molar-refractivity contribution in [3.05, 3.63) is 90.3 Å². The lowest BCUT2D eigenvalue weighted by atomic mass is 10.0. The van der Waals surface area contributed by atoms with Crippen molar-refractivity contribution in [2.45, 2.75) is 45.6 Å². The van der Waals surface area contributed by atoms with Crippen molar-refractivity contribution in [1.82, 2.24) is 10.3 Å². The first kappa shape index (κ1) is 35.4. The molecule has 0 spiro atoms. The number of benzene rings is 3. The molecule has 0 radical (unpaired) electrons. The van der Waals surface area contributed by atoms with Crippen LogP contribution in [-0.4, -0.2) is 54.9 Å². The molecule has 0 saturated carbocycles. The minimum Gasteiger partial charge on any atom is -0.490 e. The summed E-state index contributed by atoms with van der Waals surface area (Å²) in [5, 5.41) is 13.7. The number of hydrazine groups is 1. The summed E-state index contributed by atoms with van der Waals surface area (Å²) in [6, 6.07) is 20.5. The molecule has 1 aromatic heterocycles. The minimum absolute atomic E-state index is 0.0230. The molecule has 13 heteroatoms. The van der Waals surface area contributed by atoms with Gasteiger partial charge in [-0.1, -0.05) is 24.3 Å². The Morgan fingerprint density at radius 1 is 0.978 bits per heavy atom. The van der Waals surface area contributed by atoms with Gasteiger partial charge < -0.3 is 24.8 Å². The van der Waals surface area contributed by atoms with Crippen molar-refractivity contribution in [3.63, 3.8) is 0 Å². The molecule has 1 unspecified atom stereocenters. The van der Waals surface area contributed by atoms with Crippen molar-refractivity contribution < 1.29 is 37.3 Å². The Morgan fingerprint density at radius 2 is 1.70 bits per heavy atom. The van der Waals surface area contributed by atoms with Gasteiger partial charge in [0.25, 0.3) is 0 Å². The molecule has 4 N–H and O–H groups in total. The zero-order valence-electron chi connectivity index (χ0n) is 26.2. The van der Waals surface area contributed by atoms with Gasteiger partial charge >= 0.3 is 12.1 Å². The topological polar surface area (TPSA) is 130 Å². The molecule has 0 fully saturated rings. The van der Waals surface area contributed by atoms with Crippen LogP contribution >= 0.6 is 0 Å². The number of pyridine rings is 1. The van der Waals surface area contributed by atoms with Crippen molar-refractivity contribution >= 4 is 34.0 Å². The van der Waals surface area contributed by atoms with Gasteiger partial charge in [-0.25, -0.2) is 10.6 Å². The van der Waals surface area contributed by atoms with E-state index in [-0.39, 0.29) is 12.0 Å². The number of ether oxygens (including phenoxy) is 2. The molecular formula is C33H38F3N5O5. The van der Waals surface area contributed by atoms with Crippen molar-refractivity contribution in [2.24, 2.45) is 5.84 Å². The summed E-state index contributed by atoms with van der Waals surface area (Å²) in [4.78, 5) is 28.9. The fraction of sp³-hybridized carbons (Fsp3) is 0.303. The standard InChI is InChI=1S/C31H37N5O3.C2HF3O2/c1-6-38-29-18-24(11-13-28(29)39-21(2)3)30(31(37)34-19-22-8-7-9-26(16-22)35(4)5)36(32)27-12-10-25-20-33-15-14-23(25)17-27;3-2(4,5)1(6)7/h7-18,20-21,30H,6,19,32H2,1-5H3,(H,34,37);(H,6,7). The molecule has 3 aromatic carbocycles. The monoisotopic (exact) mass is 641 g/mol. The van der Waals surface area contributed by atoms with Crippen LogP contribution in [0.3, 0.4) is 0 Å². The average Bonchev–Trinajstić information content (AvgIpc) is 3.01. The first-order valence-corrected chi connectivity index (χ1v) is 14.4. The van der Waals surface area contributed by atoms with Gasteiger partial charge in [-0.2, -0.15) is 13.2 Å². The summed E-state index contributed by atoms with van der Waals surface area (Å²) in [6.45, 7) is 6.66. The Balaban J connectivity index is 0.000000738. The first-order valence-electron chi connectivity index (χ1n) is 14.4. The number of carbonyl (C=O) groups excluding carboxylic acids is 1. The maximum Gasteiger partial charge on any atom is 0.490 e. The molecule has 1 heterocycles. The number of nitrogens with two attached hydrogens (primary N) is 1. The Kier molecular flexibility index (Phi) is 12.2. The fourth-order valence-corrected chi connectivity index (χ4v) is 4.36. The summed E-state index contributed by atoms with van der Waals surface area (Å²) in [6.07, 6.45) is -1.57. The largest absolute Gasteiger partial charge is 0.490 e. The zero-order valence-corrected chi connectivity index (χ0v) is 26.2. The second-order valence-electron chi connectivity index (χ2n) is 10.6. The number of carbonyl (C=O) groups is 2. The highest BCUT2D eigenvalue weighted by atomic mass is 19.4. The molecule has 0 saturated heterocycles. The smallest absolute Gasteiger partial charge is 0.490 e. The number of nitrogens with one attached hydrogen (secondary N) is 1. The predicted octanol–water partition coefficient (Wildman–Crippen LogP) is 5.86. The second kappa shape index (κ2) is 15.8. The van der Waals surface area contributed by atoms with Crippen LogP contribution in [0.25, 0.3) is 10.8 Å². The third kappa shape index (κ3) is 9.73. The lowest BCUT2D eigenvalue weighted by molar-refractivity contribution is -0.192. The average molecular weight is 642 g/mol. The number of amides is 1. The molecule has 0 aliphatic carbocycles. The second-order valence-corrected chi connectivity index (χ2v) is 10.6. The van der Waals surface area contributed by atoms with E-state index in [1.54, 1.807) is 12.4 Å². The van der Waals surface area contributed by atoms with Gasteiger partial charge in [0, 0.05) is 44.1 Å².